The summed E-state index contributed by atoms with van der Waals surface area (Å²) in [6.07, 6.45) is 0. The maximum Gasteiger partial charge on any atom is 0.159 e. The molecule has 3 nitrogen and oxygen atoms in total. The third-order valence-electron chi connectivity index (χ3n) is 9.65. The zero-order valence-electron chi connectivity index (χ0n) is 26.5. The second-order valence-corrected chi connectivity index (χ2v) is 12.5. The van der Waals surface area contributed by atoms with Gasteiger partial charge in [0.1, 0.15) is 11.2 Å². The van der Waals surface area contributed by atoms with Crippen molar-refractivity contribution in [3.05, 3.63) is 176 Å². The van der Waals surface area contributed by atoms with E-state index in [-0.39, 0.29) is 0 Å². The molecule has 8 aromatic carbocycles. The van der Waals surface area contributed by atoms with Crippen molar-refractivity contribution in [2.24, 2.45) is 0 Å². The minimum atomic E-state index is 0.825. The summed E-state index contributed by atoms with van der Waals surface area (Å²) in [6, 6.07) is 61.9. The predicted octanol–water partition coefficient (Wildman–Crippen LogP) is 13.4. The van der Waals surface area contributed by atoms with E-state index < -0.39 is 0 Å². The largest absolute Gasteiger partial charge is 0.454 e. The number of rotatable bonds is 5. The third-order valence-corrected chi connectivity index (χ3v) is 9.65. The molecule has 0 fully saturated rings. The number of hydrogen-bond acceptors (Lipinski definition) is 3. The lowest BCUT2D eigenvalue weighted by molar-refractivity contribution is 0.667. The van der Waals surface area contributed by atoms with Crippen molar-refractivity contribution in [3.63, 3.8) is 0 Å². The van der Waals surface area contributed by atoms with E-state index in [1.807, 2.05) is 12.1 Å². The minimum absolute atomic E-state index is 0.825. The van der Waals surface area contributed by atoms with Gasteiger partial charge in [-0.05, 0) is 70.1 Å². The number of nitrogens with zero attached hydrogens (tertiary/aromatic N) is 1. The SMILES string of the molecule is c1ccc(-c2ccc(N(c3cccc4c3oc3ccccc34)c3cc(-c4ccccc4)cc4c3oc3c5ccccc5ccc43)cc2)cc1. The van der Waals surface area contributed by atoms with E-state index in [4.69, 9.17) is 8.83 Å². The van der Waals surface area contributed by atoms with E-state index in [1.165, 1.54) is 5.56 Å². The second kappa shape index (κ2) is 11.0. The van der Waals surface area contributed by atoms with Crippen LogP contribution in [-0.4, -0.2) is 0 Å². The molecule has 49 heavy (non-hydrogen) atoms. The standard InChI is InChI=1S/C46H29NO2/c1-3-12-30(13-4-1)32-22-25-35(26-23-32)47(41-20-11-19-38-37-18-9-10-21-43(37)48-45(38)41)42-29-34(31-14-5-2-6-15-31)28-40-39-27-24-33-16-7-8-17-36(33)44(39)49-46(40)42/h1-29H. The predicted molar refractivity (Wildman–Crippen MR) is 204 cm³/mol. The zero-order valence-corrected chi connectivity index (χ0v) is 26.5. The molecule has 0 N–H and O–H groups in total. The molecule has 0 aliphatic rings. The Morgan fingerprint density at radius 3 is 1.73 bits per heavy atom. The molecule has 0 unspecified atom stereocenters. The van der Waals surface area contributed by atoms with Gasteiger partial charge in [0, 0.05) is 32.6 Å². The van der Waals surface area contributed by atoms with Crippen molar-refractivity contribution in [1.29, 1.82) is 0 Å². The molecule has 0 aliphatic heterocycles. The molecule has 0 atom stereocenters. The highest BCUT2D eigenvalue weighted by Crippen LogP contribution is 2.48. The molecule has 230 valence electrons. The van der Waals surface area contributed by atoms with Crippen LogP contribution in [0.15, 0.2) is 185 Å². The Kier molecular flexibility index (Phi) is 6.18. The van der Waals surface area contributed by atoms with Crippen LogP contribution in [0.5, 0.6) is 0 Å². The molecule has 2 heterocycles. The van der Waals surface area contributed by atoms with E-state index in [0.29, 0.717) is 0 Å². The fourth-order valence-corrected chi connectivity index (χ4v) is 7.30. The topological polar surface area (TPSA) is 29.5 Å². The lowest BCUT2D eigenvalue weighted by Crippen LogP contribution is -2.11. The Hall–Kier alpha value is -6.58. The molecule has 0 radical (unpaired) electrons. The Labute approximate surface area is 282 Å². The quantitative estimate of drug-likeness (QED) is 0.190. The van der Waals surface area contributed by atoms with E-state index in [2.05, 4.69) is 169 Å². The highest BCUT2D eigenvalue weighted by Gasteiger charge is 2.25. The van der Waals surface area contributed by atoms with Gasteiger partial charge >= 0.3 is 0 Å². The first kappa shape index (κ1) is 27.5. The Balaban J connectivity index is 1.31. The Morgan fingerprint density at radius 2 is 0.939 bits per heavy atom. The van der Waals surface area contributed by atoms with Gasteiger partial charge in [0.15, 0.2) is 11.2 Å². The molecule has 0 spiro atoms. The lowest BCUT2D eigenvalue weighted by Gasteiger charge is -2.26. The summed E-state index contributed by atoms with van der Waals surface area (Å²) < 4.78 is 13.7. The van der Waals surface area contributed by atoms with Crippen molar-refractivity contribution in [2.45, 2.75) is 0 Å². The molecule has 0 amide bonds. The molecule has 0 aliphatic carbocycles. The monoisotopic (exact) mass is 627 g/mol. The Bertz CT molecular complexity index is 2810. The van der Waals surface area contributed by atoms with E-state index in [0.717, 1.165) is 88.4 Å². The van der Waals surface area contributed by atoms with Crippen LogP contribution in [0.2, 0.25) is 0 Å². The molecule has 0 bridgehead atoms. The normalized spacial score (nSPS) is 11.7. The summed E-state index contributed by atoms with van der Waals surface area (Å²) in [5.41, 5.74) is 10.9. The van der Waals surface area contributed by atoms with Gasteiger partial charge < -0.3 is 13.7 Å². The molecular formula is C46H29NO2. The summed E-state index contributed by atoms with van der Waals surface area (Å²) in [6.45, 7) is 0. The third kappa shape index (κ3) is 4.44. The van der Waals surface area contributed by atoms with Gasteiger partial charge in [-0.2, -0.15) is 0 Å². The first-order valence-corrected chi connectivity index (χ1v) is 16.6. The number of anilines is 3. The number of benzene rings is 8. The van der Waals surface area contributed by atoms with Gasteiger partial charge in [-0.25, -0.2) is 0 Å². The molecule has 10 rings (SSSR count). The van der Waals surface area contributed by atoms with Crippen LogP contribution in [0.3, 0.4) is 0 Å². The fraction of sp³-hybridized carbons (Fsp3) is 0. The van der Waals surface area contributed by atoms with E-state index >= 15 is 0 Å². The van der Waals surface area contributed by atoms with Crippen molar-refractivity contribution < 1.29 is 8.83 Å². The molecule has 0 saturated heterocycles. The zero-order chi connectivity index (χ0) is 32.3. The molecule has 2 aromatic heterocycles. The maximum absolute atomic E-state index is 7.00. The molecule has 3 heteroatoms. The van der Waals surface area contributed by atoms with Crippen LogP contribution in [0.4, 0.5) is 17.1 Å². The molecule has 0 saturated carbocycles. The van der Waals surface area contributed by atoms with Gasteiger partial charge in [-0.1, -0.05) is 133 Å². The van der Waals surface area contributed by atoms with Gasteiger partial charge in [0.25, 0.3) is 0 Å². The Morgan fingerprint density at radius 1 is 0.327 bits per heavy atom. The van der Waals surface area contributed by atoms with Crippen molar-refractivity contribution in [3.8, 4) is 22.3 Å². The minimum Gasteiger partial charge on any atom is -0.454 e. The fourth-order valence-electron chi connectivity index (χ4n) is 7.30. The highest BCUT2D eigenvalue weighted by atomic mass is 16.3. The second-order valence-electron chi connectivity index (χ2n) is 12.5. The number of hydrogen-bond donors (Lipinski definition) is 0. The van der Waals surface area contributed by atoms with Crippen LogP contribution in [0.1, 0.15) is 0 Å². The summed E-state index contributed by atoms with van der Waals surface area (Å²) in [4.78, 5) is 2.30. The van der Waals surface area contributed by atoms with E-state index in [1.54, 1.807) is 0 Å². The van der Waals surface area contributed by atoms with Crippen LogP contribution in [0, 0.1) is 0 Å². The summed E-state index contributed by atoms with van der Waals surface area (Å²) in [5.74, 6) is 0. The van der Waals surface area contributed by atoms with Crippen molar-refractivity contribution in [2.75, 3.05) is 4.90 Å². The average molecular weight is 628 g/mol. The number of para-hydroxylation sites is 2. The van der Waals surface area contributed by atoms with Gasteiger partial charge in [-0.15, -0.1) is 0 Å². The summed E-state index contributed by atoms with van der Waals surface area (Å²) in [5, 5.41) is 6.58. The summed E-state index contributed by atoms with van der Waals surface area (Å²) >= 11 is 0. The lowest BCUT2D eigenvalue weighted by atomic mass is 9.99. The van der Waals surface area contributed by atoms with Gasteiger partial charge in [0.05, 0.1) is 11.4 Å². The summed E-state index contributed by atoms with van der Waals surface area (Å²) in [7, 11) is 0. The number of fused-ring (bicyclic) bond motifs is 8. The number of furan rings is 2. The smallest absolute Gasteiger partial charge is 0.159 e. The van der Waals surface area contributed by atoms with E-state index in [9.17, 15) is 0 Å². The van der Waals surface area contributed by atoms with Crippen LogP contribution in [-0.2, 0) is 0 Å². The van der Waals surface area contributed by atoms with Crippen LogP contribution < -0.4 is 4.90 Å². The highest BCUT2D eigenvalue weighted by molar-refractivity contribution is 6.19. The first-order valence-electron chi connectivity index (χ1n) is 16.6. The van der Waals surface area contributed by atoms with Crippen molar-refractivity contribution in [1.82, 2.24) is 0 Å². The maximum atomic E-state index is 7.00. The molecular weight excluding hydrogens is 599 g/mol. The van der Waals surface area contributed by atoms with Crippen LogP contribution in [0.25, 0.3) is 76.9 Å². The first-order chi connectivity index (χ1) is 24.3. The van der Waals surface area contributed by atoms with Gasteiger partial charge in [-0.3, -0.25) is 0 Å². The average Bonchev–Trinajstić information content (AvgIpc) is 3.75. The van der Waals surface area contributed by atoms with Gasteiger partial charge in [0.2, 0.25) is 0 Å². The molecule has 10 aromatic rings. The van der Waals surface area contributed by atoms with Crippen molar-refractivity contribution >= 4 is 71.7 Å². The van der Waals surface area contributed by atoms with Crippen LogP contribution >= 0.6 is 0 Å².